The highest BCUT2D eigenvalue weighted by Gasteiger charge is 2.04. The Morgan fingerprint density at radius 2 is 2.00 bits per heavy atom. The van der Waals surface area contributed by atoms with Crippen molar-refractivity contribution < 1.29 is 0 Å². The summed E-state index contributed by atoms with van der Waals surface area (Å²) in [6, 6.07) is 0.122. The minimum absolute atomic E-state index is 0.122. The lowest BCUT2D eigenvalue weighted by Gasteiger charge is -2.08. The zero-order valence-electron chi connectivity index (χ0n) is 8.74. The van der Waals surface area contributed by atoms with Crippen molar-refractivity contribution in [3.05, 3.63) is 16.9 Å². The predicted molar refractivity (Wildman–Crippen MR) is 56.3 cm³/mol. The highest BCUT2D eigenvalue weighted by atomic mass is 15.1. The van der Waals surface area contributed by atoms with E-state index in [1.807, 2.05) is 0 Å². The Hall–Kier alpha value is -0.690. The maximum atomic E-state index is 8.33. The Bertz CT molecular complexity index is 150. The maximum Gasteiger partial charge on any atom is 0.0405 e. The first-order chi connectivity index (χ1) is 6.35. The fourth-order valence-corrected chi connectivity index (χ4v) is 1.22. The van der Waals surface area contributed by atoms with E-state index in [1.165, 1.54) is 19.3 Å². The molecule has 13 heavy (non-hydrogen) atoms. The molecule has 3 heteroatoms. The summed E-state index contributed by atoms with van der Waals surface area (Å²) in [5, 5.41) is 3.76. The molecule has 0 aromatic heterocycles. The summed E-state index contributed by atoms with van der Waals surface area (Å²) in [6.07, 6.45) is 8.94. The number of hydrogen-bond acceptors (Lipinski definition) is 1. The van der Waals surface area contributed by atoms with Crippen LogP contribution in [-0.4, -0.2) is 6.04 Å². The van der Waals surface area contributed by atoms with Gasteiger partial charge in [-0.1, -0.05) is 44.6 Å². The molecular formula is C10H20N3. The number of azide groups is 1. The topological polar surface area (TPSA) is 48.8 Å². The van der Waals surface area contributed by atoms with Crippen molar-refractivity contribution in [3.8, 4) is 0 Å². The molecule has 0 amide bonds. The van der Waals surface area contributed by atoms with Gasteiger partial charge in [0.1, 0.15) is 0 Å². The van der Waals surface area contributed by atoms with E-state index < -0.39 is 0 Å². The molecular weight excluding hydrogens is 162 g/mol. The van der Waals surface area contributed by atoms with Crippen molar-refractivity contribution in [3.63, 3.8) is 0 Å². The minimum Gasteiger partial charge on any atom is -0.0903 e. The molecule has 0 aliphatic rings. The molecule has 0 aromatic rings. The van der Waals surface area contributed by atoms with Crippen LogP contribution >= 0.6 is 0 Å². The van der Waals surface area contributed by atoms with Crippen LogP contribution in [0.5, 0.6) is 0 Å². The number of unbranched alkanes of at least 4 members (excludes halogenated alkanes) is 3. The third kappa shape index (κ3) is 7.66. The Kier molecular flexibility index (Phi) is 8.90. The van der Waals surface area contributed by atoms with Crippen LogP contribution in [0.4, 0.5) is 0 Å². The Morgan fingerprint density at radius 3 is 2.54 bits per heavy atom. The molecule has 0 fully saturated rings. The fourth-order valence-electron chi connectivity index (χ4n) is 1.22. The largest absolute Gasteiger partial charge is 0.0903 e. The van der Waals surface area contributed by atoms with E-state index in [0.717, 1.165) is 19.3 Å². The third-order valence-corrected chi connectivity index (χ3v) is 2.05. The van der Waals surface area contributed by atoms with Crippen molar-refractivity contribution in [2.75, 3.05) is 0 Å². The molecule has 0 aliphatic heterocycles. The smallest absolute Gasteiger partial charge is 0.0405 e. The molecule has 1 unspecified atom stereocenters. The lowest BCUT2D eigenvalue weighted by Crippen LogP contribution is -2.03. The molecule has 3 nitrogen and oxygen atoms in total. The quantitative estimate of drug-likeness (QED) is 0.233. The van der Waals surface area contributed by atoms with Gasteiger partial charge in [-0.15, -0.1) is 0 Å². The van der Waals surface area contributed by atoms with E-state index in [0.29, 0.717) is 0 Å². The molecule has 1 radical (unpaired) electrons. The van der Waals surface area contributed by atoms with Crippen LogP contribution in [0.2, 0.25) is 0 Å². The van der Waals surface area contributed by atoms with Gasteiger partial charge in [0.2, 0.25) is 0 Å². The van der Waals surface area contributed by atoms with Crippen molar-refractivity contribution in [2.24, 2.45) is 5.11 Å². The van der Waals surface area contributed by atoms with Crippen LogP contribution in [0.25, 0.3) is 10.4 Å². The lowest BCUT2D eigenvalue weighted by atomic mass is 10.0. The lowest BCUT2D eigenvalue weighted by molar-refractivity contribution is 0.596. The van der Waals surface area contributed by atoms with E-state index in [1.54, 1.807) is 0 Å². The van der Waals surface area contributed by atoms with Gasteiger partial charge in [-0.25, -0.2) is 0 Å². The second kappa shape index (κ2) is 9.40. The summed E-state index contributed by atoms with van der Waals surface area (Å²) in [5.74, 6) is 0. The highest BCUT2D eigenvalue weighted by molar-refractivity contribution is 4.82. The molecule has 0 aliphatic carbocycles. The second-order valence-corrected chi connectivity index (χ2v) is 3.29. The molecule has 0 bridgehead atoms. The molecule has 0 heterocycles. The Balaban J connectivity index is 3.60. The van der Waals surface area contributed by atoms with Gasteiger partial charge in [0, 0.05) is 11.0 Å². The van der Waals surface area contributed by atoms with Crippen molar-refractivity contribution in [1.82, 2.24) is 0 Å². The van der Waals surface area contributed by atoms with Gasteiger partial charge in [-0.2, -0.15) is 0 Å². The molecule has 0 N–H and O–H groups in total. The molecule has 0 rings (SSSR count). The first-order valence-electron chi connectivity index (χ1n) is 5.22. The van der Waals surface area contributed by atoms with E-state index in [4.69, 9.17) is 5.53 Å². The van der Waals surface area contributed by atoms with E-state index in [9.17, 15) is 0 Å². The molecule has 75 valence electrons. The van der Waals surface area contributed by atoms with Gasteiger partial charge in [-0.05, 0) is 24.8 Å². The number of hydrogen-bond donors (Lipinski definition) is 0. The van der Waals surface area contributed by atoms with Crippen LogP contribution < -0.4 is 0 Å². The monoisotopic (exact) mass is 182 g/mol. The van der Waals surface area contributed by atoms with Gasteiger partial charge >= 0.3 is 0 Å². The molecule has 0 spiro atoms. The summed E-state index contributed by atoms with van der Waals surface area (Å²) in [5.41, 5.74) is 8.33. The van der Waals surface area contributed by atoms with Gasteiger partial charge in [0.15, 0.2) is 0 Å². The minimum atomic E-state index is 0.122. The van der Waals surface area contributed by atoms with E-state index >= 15 is 0 Å². The molecule has 0 saturated carbocycles. The van der Waals surface area contributed by atoms with E-state index in [2.05, 4.69) is 30.3 Å². The van der Waals surface area contributed by atoms with Crippen LogP contribution in [0.15, 0.2) is 5.11 Å². The molecule has 1 atom stereocenters. The summed E-state index contributed by atoms with van der Waals surface area (Å²) in [4.78, 5) is 2.86. The molecule has 0 saturated heterocycles. The zero-order valence-corrected chi connectivity index (χ0v) is 8.74. The van der Waals surface area contributed by atoms with Gasteiger partial charge < -0.3 is 0 Å². The molecule has 0 aromatic carbocycles. The standard InChI is InChI=1S/C10H20N3/c1-3-5-7-9-10(12-13-11)8-6-4-2/h9-10H,3-8H2,1-2H3. The highest BCUT2D eigenvalue weighted by Crippen LogP contribution is 2.12. The first kappa shape index (κ1) is 12.3. The second-order valence-electron chi connectivity index (χ2n) is 3.29. The fraction of sp³-hybridized carbons (Fsp3) is 0.900. The number of nitrogens with zero attached hydrogens (tertiary/aromatic N) is 3. The average molecular weight is 182 g/mol. The van der Waals surface area contributed by atoms with Crippen molar-refractivity contribution in [1.29, 1.82) is 0 Å². The summed E-state index contributed by atoms with van der Waals surface area (Å²) < 4.78 is 0. The normalized spacial score (nSPS) is 12.2. The van der Waals surface area contributed by atoms with Crippen LogP contribution in [0.1, 0.15) is 52.4 Å². The Morgan fingerprint density at radius 1 is 1.31 bits per heavy atom. The third-order valence-electron chi connectivity index (χ3n) is 2.05. The maximum absolute atomic E-state index is 8.33. The average Bonchev–Trinajstić information content (AvgIpc) is 2.14. The van der Waals surface area contributed by atoms with Gasteiger partial charge in [-0.3, -0.25) is 0 Å². The van der Waals surface area contributed by atoms with Crippen LogP contribution in [0, 0.1) is 6.42 Å². The number of rotatable bonds is 8. The van der Waals surface area contributed by atoms with Gasteiger partial charge in [0.25, 0.3) is 0 Å². The summed E-state index contributed by atoms with van der Waals surface area (Å²) >= 11 is 0. The van der Waals surface area contributed by atoms with E-state index in [-0.39, 0.29) is 6.04 Å². The zero-order chi connectivity index (χ0) is 9.94. The SMILES string of the molecule is CCCC[CH]C(CCCC)N=[N+]=[N-]. The predicted octanol–water partition coefficient (Wildman–Crippen LogP) is 4.25. The van der Waals surface area contributed by atoms with Gasteiger partial charge in [0.05, 0.1) is 0 Å². The van der Waals surface area contributed by atoms with Crippen LogP contribution in [-0.2, 0) is 0 Å². The van der Waals surface area contributed by atoms with Crippen molar-refractivity contribution in [2.45, 2.75) is 58.4 Å². The first-order valence-corrected chi connectivity index (χ1v) is 5.22. The Labute approximate surface area is 81.2 Å². The van der Waals surface area contributed by atoms with Crippen LogP contribution in [0.3, 0.4) is 0 Å². The summed E-state index contributed by atoms with van der Waals surface area (Å²) in [6.45, 7) is 4.32. The van der Waals surface area contributed by atoms with Crippen molar-refractivity contribution >= 4 is 0 Å². The summed E-state index contributed by atoms with van der Waals surface area (Å²) in [7, 11) is 0.